The molecule has 3 aromatic carbocycles. The molecular formula is C29H30F2N2O. The molecule has 0 N–H and O–H groups in total. The second-order valence-electron chi connectivity index (χ2n) is 9.46. The van der Waals surface area contributed by atoms with Gasteiger partial charge in [-0.15, -0.1) is 0 Å². The zero-order valence-electron chi connectivity index (χ0n) is 19.3. The Bertz CT molecular complexity index is 1120. The van der Waals surface area contributed by atoms with Crippen LogP contribution in [0.1, 0.15) is 54.2 Å². The van der Waals surface area contributed by atoms with Gasteiger partial charge in [0.05, 0.1) is 12.2 Å². The van der Waals surface area contributed by atoms with Crippen LogP contribution in [0, 0.1) is 11.6 Å². The molecular weight excluding hydrogens is 430 g/mol. The zero-order valence-corrected chi connectivity index (χ0v) is 19.3. The molecule has 0 saturated carbocycles. The smallest absolute Gasteiger partial charge is 0.241 e. The molecule has 0 radical (unpaired) electrons. The van der Waals surface area contributed by atoms with Gasteiger partial charge in [-0.05, 0) is 85.6 Å². The number of hydrogen-bond donors (Lipinski definition) is 0. The molecule has 1 saturated heterocycles. The van der Waals surface area contributed by atoms with E-state index < -0.39 is 0 Å². The molecule has 1 fully saturated rings. The van der Waals surface area contributed by atoms with E-state index in [1.807, 2.05) is 6.07 Å². The number of likely N-dealkylation sites (tertiary alicyclic amines) is 1. The van der Waals surface area contributed by atoms with E-state index in [1.165, 1.54) is 29.8 Å². The Morgan fingerprint density at radius 1 is 0.794 bits per heavy atom. The number of piperidine rings is 1. The molecule has 5 heteroatoms. The molecule has 5 rings (SSSR count). The minimum Gasteiger partial charge on any atom is -0.311 e. The summed E-state index contributed by atoms with van der Waals surface area (Å²) in [5, 5.41) is 0. The zero-order chi connectivity index (χ0) is 23.5. The summed E-state index contributed by atoms with van der Waals surface area (Å²) in [6.07, 6.45) is 3.71. The molecule has 3 aromatic rings. The van der Waals surface area contributed by atoms with Gasteiger partial charge in [-0.25, -0.2) is 8.78 Å². The maximum Gasteiger partial charge on any atom is 0.241 e. The molecule has 3 nitrogen and oxygen atoms in total. The summed E-state index contributed by atoms with van der Waals surface area (Å²) in [5.41, 5.74) is 3.95. The molecule has 34 heavy (non-hydrogen) atoms. The van der Waals surface area contributed by atoms with Crippen LogP contribution >= 0.6 is 0 Å². The highest BCUT2D eigenvalue weighted by molar-refractivity contribution is 5.96. The molecule has 2 aliphatic rings. The minimum atomic E-state index is -0.347. The first-order chi connectivity index (χ1) is 16.6. The van der Waals surface area contributed by atoms with Gasteiger partial charge in [0.25, 0.3) is 0 Å². The van der Waals surface area contributed by atoms with E-state index in [1.54, 1.807) is 23.1 Å². The van der Waals surface area contributed by atoms with Crippen molar-refractivity contribution in [3.63, 3.8) is 0 Å². The van der Waals surface area contributed by atoms with Gasteiger partial charge in [0.2, 0.25) is 5.91 Å². The topological polar surface area (TPSA) is 23.6 Å². The summed E-state index contributed by atoms with van der Waals surface area (Å²) in [4.78, 5) is 17.4. The predicted octanol–water partition coefficient (Wildman–Crippen LogP) is 6.10. The number of benzene rings is 3. The number of carbonyl (C=O) groups is 1. The van der Waals surface area contributed by atoms with Gasteiger partial charge in [-0.1, -0.05) is 48.5 Å². The van der Waals surface area contributed by atoms with Crippen LogP contribution < -0.4 is 4.90 Å². The number of halogens is 2. The lowest BCUT2D eigenvalue weighted by atomic mass is 9.87. The third-order valence-electron chi connectivity index (χ3n) is 7.32. The lowest BCUT2D eigenvalue weighted by molar-refractivity contribution is -0.120. The summed E-state index contributed by atoms with van der Waals surface area (Å²) in [6.45, 7) is 2.67. The Hall–Kier alpha value is -3.05. The van der Waals surface area contributed by atoms with Crippen molar-refractivity contribution in [1.29, 1.82) is 0 Å². The normalized spacial score (nSPS) is 19.5. The third-order valence-corrected chi connectivity index (χ3v) is 7.32. The van der Waals surface area contributed by atoms with Crippen molar-refractivity contribution in [3.8, 4) is 0 Å². The SMILES string of the molecule is O=C(CN1CCC(c2ccccc2)CC1)N1CCCC(c2ccc(F)cc2)c2ccc(F)cc21. The number of carbonyl (C=O) groups excluding carboxylic acids is 1. The molecule has 176 valence electrons. The standard InChI is InChI=1S/C29H30F2N2O/c30-24-10-8-23(9-11-24)26-7-4-16-33(28-19-25(31)12-13-27(26)28)29(34)20-32-17-14-22(15-18-32)21-5-2-1-3-6-21/h1-3,5-6,8-13,19,22,26H,4,7,14-18,20H2. The Labute approximate surface area is 200 Å². The summed E-state index contributed by atoms with van der Waals surface area (Å²) in [5.74, 6) is -0.0538. The van der Waals surface area contributed by atoms with Crippen LogP contribution in [-0.2, 0) is 4.79 Å². The lowest BCUT2D eigenvalue weighted by Crippen LogP contribution is -2.43. The summed E-state index contributed by atoms with van der Waals surface area (Å²) in [7, 11) is 0. The summed E-state index contributed by atoms with van der Waals surface area (Å²) in [6, 6.07) is 21.8. The van der Waals surface area contributed by atoms with E-state index in [4.69, 9.17) is 0 Å². The van der Waals surface area contributed by atoms with Crippen LogP contribution in [0.4, 0.5) is 14.5 Å². The Balaban J connectivity index is 1.32. The average molecular weight is 461 g/mol. The average Bonchev–Trinajstić information content (AvgIpc) is 3.05. The number of anilines is 1. The van der Waals surface area contributed by atoms with Crippen molar-refractivity contribution in [2.24, 2.45) is 0 Å². The number of fused-ring (bicyclic) bond motifs is 1. The Morgan fingerprint density at radius 2 is 1.50 bits per heavy atom. The molecule has 2 heterocycles. The number of nitrogens with zero attached hydrogens (tertiary/aromatic N) is 2. The van der Waals surface area contributed by atoms with E-state index in [9.17, 15) is 13.6 Å². The van der Waals surface area contributed by atoms with Gasteiger partial charge in [0.15, 0.2) is 0 Å². The monoisotopic (exact) mass is 460 g/mol. The highest BCUT2D eigenvalue weighted by atomic mass is 19.1. The second kappa shape index (κ2) is 10.1. The lowest BCUT2D eigenvalue weighted by Gasteiger charge is -2.33. The quantitative estimate of drug-likeness (QED) is 0.469. The second-order valence-corrected chi connectivity index (χ2v) is 9.46. The van der Waals surface area contributed by atoms with Crippen LogP contribution in [-0.4, -0.2) is 37.0 Å². The van der Waals surface area contributed by atoms with E-state index in [2.05, 4.69) is 29.2 Å². The molecule has 1 atom stereocenters. The van der Waals surface area contributed by atoms with Crippen LogP contribution in [0.2, 0.25) is 0 Å². The van der Waals surface area contributed by atoms with Gasteiger partial charge in [-0.3, -0.25) is 9.69 Å². The molecule has 2 aliphatic heterocycles. The summed E-state index contributed by atoms with van der Waals surface area (Å²) < 4.78 is 27.8. The van der Waals surface area contributed by atoms with E-state index in [0.29, 0.717) is 24.7 Å². The highest BCUT2D eigenvalue weighted by Crippen LogP contribution is 2.39. The first-order valence-corrected chi connectivity index (χ1v) is 12.2. The number of amides is 1. The molecule has 0 spiro atoms. The third kappa shape index (κ3) is 4.90. The summed E-state index contributed by atoms with van der Waals surface area (Å²) >= 11 is 0. The highest BCUT2D eigenvalue weighted by Gasteiger charge is 2.30. The molecule has 1 amide bonds. The molecule has 0 bridgehead atoms. The first-order valence-electron chi connectivity index (χ1n) is 12.2. The van der Waals surface area contributed by atoms with Gasteiger partial charge in [0, 0.05) is 12.5 Å². The van der Waals surface area contributed by atoms with Gasteiger partial charge >= 0.3 is 0 Å². The van der Waals surface area contributed by atoms with Crippen molar-refractivity contribution < 1.29 is 13.6 Å². The first kappa shape index (κ1) is 22.7. The maximum absolute atomic E-state index is 14.3. The minimum absolute atomic E-state index is 0.00983. The fourth-order valence-electron chi connectivity index (χ4n) is 5.50. The Kier molecular flexibility index (Phi) is 6.73. The van der Waals surface area contributed by atoms with E-state index in [-0.39, 0.29) is 23.5 Å². The number of hydrogen-bond acceptors (Lipinski definition) is 2. The number of rotatable bonds is 4. The molecule has 0 aliphatic carbocycles. The van der Waals surface area contributed by atoms with Gasteiger partial charge in [0.1, 0.15) is 11.6 Å². The van der Waals surface area contributed by atoms with E-state index >= 15 is 0 Å². The van der Waals surface area contributed by atoms with Crippen molar-refractivity contribution in [2.75, 3.05) is 31.1 Å². The van der Waals surface area contributed by atoms with Gasteiger partial charge in [-0.2, -0.15) is 0 Å². The van der Waals surface area contributed by atoms with Crippen molar-refractivity contribution in [3.05, 3.63) is 101 Å². The van der Waals surface area contributed by atoms with E-state index in [0.717, 1.165) is 49.9 Å². The predicted molar refractivity (Wildman–Crippen MR) is 131 cm³/mol. The van der Waals surface area contributed by atoms with Crippen LogP contribution in [0.5, 0.6) is 0 Å². The fourth-order valence-corrected chi connectivity index (χ4v) is 5.50. The van der Waals surface area contributed by atoms with Crippen molar-refractivity contribution in [2.45, 2.75) is 37.5 Å². The molecule has 1 unspecified atom stereocenters. The fraction of sp³-hybridized carbons (Fsp3) is 0.345. The van der Waals surface area contributed by atoms with Crippen LogP contribution in [0.15, 0.2) is 72.8 Å². The van der Waals surface area contributed by atoms with Crippen molar-refractivity contribution in [1.82, 2.24) is 4.90 Å². The van der Waals surface area contributed by atoms with Crippen molar-refractivity contribution >= 4 is 11.6 Å². The van der Waals surface area contributed by atoms with Crippen LogP contribution in [0.25, 0.3) is 0 Å². The Morgan fingerprint density at radius 3 is 2.24 bits per heavy atom. The maximum atomic E-state index is 14.3. The van der Waals surface area contributed by atoms with Gasteiger partial charge < -0.3 is 4.90 Å². The molecule has 0 aromatic heterocycles. The van der Waals surface area contributed by atoms with Crippen LogP contribution in [0.3, 0.4) is 0 Å². The largest absolute Gasteiger partial charge is 0.311 e.